The lowest BCUT2D eigenvalue weighted by atomic mass is 10.1. The first-order chi connectivity index (χ1) is 10.1. The lowest BCUT2D eigenvalue weighted by Gasteiger charge is -2.11. The van der Waals surface area contributed by atoms with Crippen LogP contribution in [0.15, 0.2) is 35.6 Å². The van der Waals surface area contributed by atoms with Gasteiger partial charge in [-0.3, -0.25) is 0 Å². The van der Waals surface area contributed by atoms with Crippen LogP contribution in [-0.4, -0.2) is 27.7 Å². The number of halogens is 1. The molecule has 6 heteroatoms. The van der Waals surface area contributed by atoms with Crippen molar-refractivity contribution in [2.24, 2.45) is 0 Å². The maximum Gasteiger partial charge on any atom is 0.189 e. The third kappa shape index (κ3) is 4.41. The van der Waals surface area contributed by atoms with Crippen LogP contribution < -0.4 is 5.32 Å². The number of aromatic nitrogens is 2. The highest BCUT2D eigenvalue weighted by Crippen LogP contribution is 2.23. The minimum atomic E-state index is -0.173. The largest absolute Gasteiger partial charge is 0.394 e. The summed E-state index contributed by atoms with van der Waals surface area (Å²) in [6, 6.07) is 7.03. The minimum absolute atomic E-state index is 0.0288. The maximum absolute atomic E-state index is 13.9. The highest BCUT2D eigenvalue weighted by atomic mass is 32.2. The highest BCUT2D eigenvalue weighted by Gasteiger charge is 2.08. The van der Waals surface area contributed by atoms with Gasteiger partial charge in [0.05, 0.1) is 6.61 Å². The predicted octanol–water partition coefficient (Wildman–Crippen LogP) is 3.01. The van der Waals surface area contributed by atoms with Gasteiger partial charge in [-0.1, -0.05) is 30.0 Å². The highest BCUT2D eigenvalue weighted by molar-refractivity contribution is 7.98. The molecule has 0 aliphatic heterocycles. The van der Waals surface area contributed by atoms with Gasteiger partial charge in [-0.2, -0.15) is 0 Å². The normalized spacial score (nSPS) is 12.2. The van der Waals surface area contributed by atoms with Gasteiger partial charge in [0.1, 0.15) is 11.6 Å². The molecule has 112 valence electrons. The molecule has 1 atom stereocenters. The van der Waals surface area contributed by atoms with Crippen molar-refractivity contribution in [3.05, 3.63) is 47.4 Å². The number of benzene rings is 1. The number of thioether (sulfide) groups is 1. The Bertz CT molecular complexity index is 609. The molecule has 1 aromatic heterocycles. The molecule has 0 amide bonds. The molecule has 0 aliphatic rings. The molecule has 1 heterocycles. The summed E-state index contributed by atoms with van der Waals surface area (Å²) < 4.78 is 13.9. The quantitative estimate of drug-likeness (QED) is 0.634. The van der Waals surface area contributed by atoms with E-state index in [9.17, 15) is 4.39 Å². The monoisotopic (exact) mass is 307 g/mol. The summed E-state index contributed by atoms with van der Waals surface area (Å²) in [6.45, 7) is 3.64. The van der Waals surface area contributed by atoms with Crippen LogP contribution in [0.4, 0.5) is 10.2 Å². The van der Waals surface area contributed by atoms with E-state index in [0.29, 0.717) is 27.9 Å². The lowest BCUT2D eigenvalue weighted by molar-refractivity contribution is 0.281. The summed E-state index contributed by atoms with van der Waals surface area (Å²) in [4.78, 5) is 8.50. The molecule has 2 rings (SSSR count). The standard InChI is InChI=1S/C15H18FN3OS/c1-10-4-3-5-12(14(10)16)9-21-15-17-7-6-13(19-15)18-11(2)8-20/h3-7,11,20H,8-9H2,1-2H3,(H,17,18,19)/t11-/m1/s1. The van der Waals surface area contributed by atoms with Crippen molar-refractivity contribution < 1.29 is 9.50 Å². The molecular weight excluding hydrogens is 289 g/mol. The first-order valence-corrected chi connectivity index (χ1v) is 7.66. The van der Waals surface area contributed by atoms with Crippen molar-refractivity contribution in [3.63, 3.8) is 0 Å². The van der Waals surface area contributed by atoms with Gasteiger partial charge in [0.25, 0.3) is 0 Å². The molecule has 0 bridgehead atoms. The van der Waals surface area contributed by atoms with E-state index in [1.54, 1.807) is 31.3 Å². The topological polar surface area (TPSA) is 58.0 Å². The van der Waals surface area contributed by atoms with Gasteiger partial charge in [0, 0.05) is 18.0 Å². The molecule has 0 saturated carbocycles. The van der Waals surface area contributed by atoms with Crippen molar-refractivity contribution in [2.45, 2.75) is 30.8 Å². The van der Waals surface area contributed by atoms with E-state index in [4.69, 9.17) is 5.11 Å². The molecule has 2 aromatic rings. The fourth-order valence-corrected chi connectivity index (χ4v) is 2.56. The van der Waals surface area contributed by atoms with Crippen LogP contribution in [0.5, 0.6) is 0 Å². The van der Waals surface area contributed by atoms with E-state index in [2.05, 4.69) is 15.3 Å². The lowest BCUT2D eigenvalue weighted by Crippen LogP contribution is -2.20. The van der Waals surface area contributed by atoms with Crippen LogP contribution in [0.3, 0.4) is 0 Å². The fourth-order valence-electron chi connectivity index (χ4n) is 1.75. The van der Waals surface area contributed by atoms with E-state index in [1.807, 2.05) is 13.0 Å². The van der Waals surface area contributed by atoms with Crippen LogP contribution in [0, 0.1) is 12.7 Å². The van der Waals surface area contributed by atoms with Gasteiger partial charge in [0.15, 0.2) is 5.16 Å². The number of aliphatic hydroxyl groups is 1. The van der Waals surface area contributed by atoms with Gasteiger partial charge < -0.3 is 10.4 Å². The molecule has 0 fully saturated rings. The number of hydrogen-bond acceptors (Lipinski definition) is 5. The van der Waals surface area contributed by atoms with Crippen LogP contribution in [-0.2, 0) is 5.75 Å². The van der Waals surface area contributed by atoms with Gasteiger partial charge in [-0.15, -0.1) is 0 Å². The van der Waals surface area contributed by atoms with E-state index in [0.717, 1.165) is 0 Å². The second-order valence-corrected chi connectivity index (χ2v) is 5.73. The molecule has 0 spiro atoms. The Morgan fingerprint density at radius 2 is 2.19 bits per heavy atom. The predicted molar refractivity (Wildman–Crippen MR) is 82.9 cm³/mol. The van der Waals surface area contributed by atoms with Gasteiger partial charge >= 0.3 is 0 Å². The molecule has 2 N–H and O–H groups in total. The van der Waals surface area contributed by atoms with Crippen LogP contribution in [0.25, 0.3) is 0 Å². The molecule has 21 heavy (non-hydrogen) atoms. The number of aliphatic hydroxyl groups excluding tert-OH is 1. The van der Waals surface area contributed by atoms with Crippen LogP contribution in [0.1, 0.15) is 18.1 Å². The summed E-state index contributed by atoms with van der Waals surface area (Å²) in [5, 5.41) is 12.7. The zero-order chi connectivity index (χ0) is 15.2. The molecule has 1 aromatic carbocycles. The number of nitrogens with zero attached hydrogens (tertiary/aromatic N) is 2. The van der Waals surface area contributed by atoms with Crippen LogP contribution in [0.2, 0.25) is 0 Å². The molecule has 0 aliphatic carbocycles. The van der Waals surface area contributed by atoms with E-state index in [-0.39, 0.29) is 18.5 Å². The molecule has 0 radical (unpaired) electrons. The summed E-state index contributed by atoms with van der Waals surface area (Å²) in [6.07, 6.45) is 1.65. The minimum Gasteiger partial charge on any atom is -0.394 e. The SMILES string of the molecule is Cc1cccc(CSc2nccc(N[C@H](C)CO)n2)c1F. The van der Waals surface area contributed by atoms with E-state index >= 15 is 0 Å². The maximum atomic E-state index is 13.9. The Balaban J connectivity index is 2.03. The Hall–Kier alpha value is -1.66. The fraction of sp³-hybridized carbons (Fsp3) is 0.333. The van der Waals surface area contributed by atoms with Gasteiger partial charge in [0.2, 0.25) is 0 Å². The van der Waals surface area contributed by atoms with Crippen molar-refractivity contribution in [3.8, 4) is 0 Å². The Morgan fingerprint density at radius 1 is 1.38 bits per heavy atom. The average Bonchev–Trinajstić information content (AvgIpc) is 2.49. The molecule has 4 nitrogen and oxygen atoms in total. The van der Waals surface area contributed by atoms with E-state index in [1.165, 1.54) is 11.8 Å². The van der Waals surface area contributed by atoms with Crippen molar-refractivity contribution in [2.75, 3.05) is 11.9 Å². The first kappa shape index (κ1) is 15.7. The summed E-state index contributed by atoms with van der Waals surface area (Å²) >= 11 is 1.38. The third-order valence-corrected chi connectivity index (χ3v) is 3.84. The van der Waals surface area contributed by atoms with E-state index < -0.39 is 0 Å². The summed E-state index contributed by atoms with van der Waals surface area (Å²) in [5.41, 5.74) is 1.28. The molecule has 0 unspecified atom stereocenters. The Labute approximate surface area is 127 Å². The summed E-state index contributed by atoms with van der Waals surface area (Å²) in [5.74, 6) is 0.957. The van der Waals surface area contributed by atoms with Crippen molar-refractivity contribution in [1.82, 2.24) is 9.97 Å². The third-order valence-electron chi connectivity index (χ3n) is 2.93. The number of hydrogen-bond donors (Lipinski definition) is 2. The van der Waals surface area contributed by atoms with Crippen molar-refractivity contribution in [1.29, 1.82) is 0 Å². The summed E-state index contributed by atoms with van der Waals surface area (Å²) in [7, 11) is 0. The smallest absolute Gasteiger partial charge is 0.189 e. The number of nitrogens with one attached hydrogen (secondary N) is 1. The average molecular weight is 307 g/mol. The Kier molecular flexibility index (Phi) is 5.52. The second-order valence-electron chi connectivity index (χ2n) is 4.79. The number of rotatable bonds is 6. The van der Waals surface area contributed by atoms with Gasteiger partial charge in [-0.05, 0) is 31.0 Å². The number of aryl methyl sites for hydroxylation is 1. The molecular formula is C15H18FN3OS. The number of anilines is 1. The first-order valence-electron chi connectivity index (χ1n) is 6.67. The zero-order valence-corrected chi connectivity index (χ0v) is 12.8. The molecule has 0 saturated heterocycles. The Morgan fingerprint density at radius 3 is 2.95 bits per heavy atom. The van der Waals surface area contributed by atoms with Crippen molar-refractivity contribution >= 4 is 17.6 Å². The van der Waals surface area contributed by atoms with Gasteiger partial charge in [-0.25, -0.2) is 14.4 Å². The second kappa shape index (κ2) is 7.38. The zero-order valence-electron chi connectivity index (χ0n) is 12.0. The van der Waals surface area contributed by atoms with Crippen LogP contribution >= 0.6 is 11.8 Å².